The van der Waals surface area contributed by atoms with E-state index in [1.54, 1.807) is 11.3 Å². The molecule has 0 spiro atoms. The summed E-state index contributed by atoms with van der Waals surface area (Å²) in [7, 11) is 0. The number of aromatic nitrogens is 2. The van der Waals surface area contributed by atoms with Gasteiger partial charge in [0.15, 0.2) is 5.13 Å². The molecule has 3 rings (SSSR count). The average Bonchev–Trinajstić information content (AvgIpc) is 3.01. The first-order chi connectivity index (χ1) is 9.20. The van der Waals surface area contributed by atoms with Crippen molar-refractivity contribution in [2.75, 3.05) is 18.8 Å². The van der Waals surface area contributed by atoms with E-state index in [0.717, 1.165) is 23.9 Å². The Morgan fingerprint density at radius 3 is 2.58 bits per heavy atom. The number of nitrogen functional groups attached to an aromatic ring is 1. The maximum Gasteiger partial charge on any atom is 0.180 e. The maximum atomic E-state index is 5.66. The molecule has 0 atom stereocenters. The highest BCUT2D eigenvalue weighted by molar-refractivity contribution is 7.14. The van der Waals surface area contributed by atoms with Crippen molar-refractivity contribution in [3.63, 3.8) is 0 Å². The third-order valence-corrected chi connectivity index (χ3v) is 5.08. The molecule has 3 heterocycles. The lowest BCUT2D eigenvalue weighted by molar-refractivity contribution is 0.185. The van der Waals surface area contributed by atoms with Crippen LogP contribution in [0.1, 0.15) is 24.8 Å². The fraction of sp³-hybridized carbons (Fsp3) is 0.538. The molecule has 102 valence electrons. The van der Waals surface area contributed by atoms with Crippen LogP contribution in [0.2, 0.25) is 0 Å². The topological polar surface area (TPSA) is 55.0 Å². The number of nitrogens with two attached hydrogens (primary N) is 1. The first-order valence-corrected chi connectivity index (χ1v) is 8.35. The number of piperidine rings is 1. The van der Waals surface area contributed by atoms with Gasteiger partial charge in [-0.1, -0.05) is 6.92 Å². The molecule has 0 aliphatic carbocycles. The van der Waals surface area contributed by atoms with Crippen molar-refractivity contribution in [2.45, 2.75) is 26.3 Å². The van der Waals surface area contributed by atoms with E-state index in [1.807, 2.05) is 5.38 Å². The van der Waals surface area contributed by atoms with Crippen molar-refractivity contribution in [1.82, 2.24) is 14.9 Å². The number of nitrogens with zero attached hydrogens (tertiary/aromatic N) is 3. The van der Waals surface area contributed by atoms with E-state index in [2.05, 4.69) is 27.2 Å². The summed E-state index contributed by atoms with van der Waals surface area (Å²) in [5.74, 6) is 0.876. The molecular weight excluding hydrogens is 276 g/mol. The van der Waals surface area contributed by atoms with E-state index < -0.39 is 0 Å². The van der Waals surface area contributed by atoms with Crippen LogP contribution in [0.3, 0.4) is 0 Å². The standard InChI is InChI=1S/C13H18N4S2/c1-9-2-4-17(5-3-9)6-12-15-10(7-18-12)11-8-19-13(14)16-11/h7-9H,2-6H2,1H3,(H2,14,16). The highest BCUT2D eigenvalue weighted by atomic mass is 32.1. The Morgan fingerprint density at radius 1 is 1.21 bits per heavy atom. The molecule has 1 aliphatic heterocycles. The summed E-state index contributed by atoms with van der Waals surface area (Å²) < 4.78 is 0. The van der Waals surface area contributed by atoms with Crippen molar-refractivity contribution in [2.24, 2.45) is 5.92 Å². The Balaban J connectivity index is 1.65. The zero-order chi connectivity index (χ0) is 13.2. The lowest BCUT2D eigenvalue weighted by Gasteiger charge is -2.29. The van der Waals surface area contributed by atoms with Gasteiger partial charge in [-0.3, -0.25) is 4.90 Å². The van der Waals surface area contributed by atoms with Crippen molar-refractivity contribution >= 4 is 27.8 Å². The summed E-state index contributed by atoms with van der Waals surface area (Å²) in [6, 6.07) is 0. The third-order valence-electron chi connectivity index (χ3n) is 3.57. The number of likely N-dealkylation sites (tertiary alicyclic amines) is 1. The van der Waals surface area contributed by atoms with Gasteiger partial charge in [-0.25, -0.2) is 9.97 Å². The number of hydrogen-bond acceptors (Lipinski definition) is 6. The predicted octanol–water partition coefficient (Wildman–Crippen LogP) is 3.08. The van der Waals surface area contributed by atoms with Crippen LogP contribution in [0, 0.1) is 5.92 Å². The van der Waals surface area contributed by atoms with Gasteiger partial charge in [0.05, 0.1) is 6.54 Å². The minimum atomic E-state index is 0.606. The van der Waals surface area contributed by atoms with E-state index in [9.17, 15) is 0 Å². The molecule has 1 saturated heterocycles. The fourth-order valence-corrected chi connectivity index (χ4v) is 3.70. The number of rotatable bonds is 3. The zero-order valence-corrected chi connectivity index (χ0v) is 12.6. The number of hydrogen-bond donors (Lipinski definition) is 1. The first kappa shape index (κ1) is 13.0. The van der Waals surface area contributed by atoms with Gasteiger partial charge < -0.3 is 5.73 Å². The molecule has 0 saturated carbocycles. The van der Waals surface area contributed by atoms with Crippen LogP contribution in [0.15, 0.2) is 10.8 Å². The Kier molecular flexibility index (Phi) is 3.81. The van der Waals surface area contributed by atoms with Crippen LogP contribution < -0.4 is 5.73 Å². The Hall–Kier alpha value is -0.980. The van der Waals surface area contributed by atoms with Crippen LogP contribution in [-0.2, 0) is 6.54 Å². The molecule has 0 radical (unpaired) electrons. The Bertz CT molecular complexity index is 540. The molecule has 4 nitrogen and oxygen atoms in total. The summed E-state index contributed by atoms with van der Waals surface area (Å²) in [4.78, 5) is 11.4. The number of anilines is 1. The van der Waals surface area contributed by atoms with Crippen molar-refractivity contribution < 1.29 is 0 Å². The van der Waals surface area contributed by atoms with Crippen molar-refractivity contribution in [1.29, 1.82) is 0 Å². The minimum Gasteiger partial charge on any atom is -0.375 e. The monoisotopic (exact) mass is 294 g/mol. The van der Waals surface area contributed by atoms with Crippen molar-refractivity contribution in [3.05, 3.63) is 15.8 Å². The molecule has 0 aromatic carbocycles. The minimum absolute atomic E-state index is 0.606. The van der Waals surface area contributed by atoms with Gasteiger partial charge >= 0.3 is 0 Å². The van der Waals surface area contributed by atoms with Gasteiger partial charge in [0, 0.05) is 10.8 Å². The second-order valence-electron chi connectivity index (χ2n) is 5.16. The lowest BCUT2D eigenvalue weighted by atomic mass is 9.99. The summed E-state index contributed by atoms with van der Waals surface area (Å²) in [6.07, 6.45) is 2.61. The summed E-state index contributed by atoms with van der Waals surface area (Å²) in [5.41, 5.74) is 7.52. The quantitative estimate of drug-likeness (QED) is 0.945. The fourth-order valence-electron chi connectivity index (χ4n) is 2.32. The lowest BCUT2D eigenvalue weighted by Crippen LogP contribution is -2.32. The van der Waals surface area contributed by atoms with Crippen LogP contribution in [0.25, 0.3) is 11.4 Å². The first-order valence-electron chi connectivity index (χ1n) is 6.59. The molecule has 2 aromatic rings. The second kappa shape index (κ2) is 5.56. The summed E-state index contributed by atoms with van der Waals surface area (Å²) in [6.45, 7) is 5.70. The SMILES string of the molecule is CC1CCN(Cc2nc(-c3csc(N)n3)cs2)CC1. The van der Waals surface area contributed by atoms with Gasteiger partial charge in [0.25, 0.3) is 0 Å². The highest BCUT2D eigenvalue weighted by Gasteiger charge is 2.17. The Morgan fingerprint density at radius 2 is 1.89 bits per heavy atom. The van der Waals surface area contributed by atoms with Crippen LogP contribution in [0.5, 0.6) is 0 Å². The van der Waals surface area contributed by atoms with Crippen LogP contribution in [-0.4, -0.2) is 28.0 Å². The smallest absolute Gasteiger partial charge is 0.180 e. The molecule has 19 heavy (non-hydrogen) atoms. The molecule has 2 N–H and O–H groups in total. The van der Waals surface area contributed by atoms with Crippen LogP contribution >= 0.6 is 22.7 Å². The second-order valence-corrected chi connectivity index (χ2v) is 6.99. The molecule has 1 aliphatic rings. The van der Waals surface area contributed by atoms with Gasteiger partial charge in [0.1, 0.15) is 16.4 Å². The summed E-state index contributed by atoms with van der Waals surface area (Å²) >= 11 is 3.18. The van der Waals surface area contributed by atoms with E-state index in [-0.39, 0.29) is 0 Å². The highest BCUT2D eigenvalue weighted by Crippen LogP contribution is 2.26. The molecule has 1 fully saturated rings. The van der Waals surface area contributed by atoms with Crippen molar-refractivity contribution in [3.8, 4) is 11.4 Å². The molecule has 0 bridgehead atoms. The molecule has 2 aromatic heterocycles. The molecule has 0 amide bonds. The van der Waals surface area contributed by atoms with Gasteiger partial charge in [0.2, 0.25) is 0 Å². The van der Waals surface area contributed by atoms with Gasteiger partial charge in [-0.2, -0.15) is 0 Å². The maximum absolute atomic E-state index is 5.66. The molecular formula is C13H18N4S2. The normalized spacial score (nSPS) is 17.9. The van der Waals surface area contributed by atoms with E-state index in [0.29, 0.717) is 5.13 Å². The van der Waals surface area contributed by atoms with E-state index >= 15 is 0 Å². The zero-order valence-electron chi connectivity index (χ0n) is 11.0. The van der Waals surface area contributed by atoms with E-state index in [4.69, 9.17) is 5.73 Å². The predicted molar refractivity (Wildman–Crippen MR) is 81.3 cm³/mol. The molecule has 0 unspecified atom stereocenters. The largest absolute Gasteiger partial charge is 0.375 e. The molecule has 6 heteroatoms. The van der Waals surface area contributed by atoms with Gasteiger partial charge in [-0.15, -0.1) is 22.7 Å². The average molecular weight is 294 g/mol. The Labute approximate surface area is 121 Å². The summed E-state index contributed by atoms with van der Waals surface area (Å²) in [5, 5.41) is 5.83. The number of thiazole rings is 2. The van der Waals surface area contributed by atoms with Gasteiger partial charge in [-0.05, 0) is 31.8 Å². The van der Waals surface area contributed by atoms with E-state index in [1.165, 1.54) is 42.3 Å². The third kappa shape index (κ3) is 3.13. The van der Waals surface area contributed by atoms with Crippen LogP contribution in [0.4, 0.5) is 5.13 Å².